The van der Waals surface area contributed by atoms with E-state index in [4.69, 9.17) is 4.74 Å². The summed E-state index contributed by atoms with van der Waals surface area (Å²) < 4.78 is 5.10. The van der Waals surface area contributed by atoms with Crippen LogP contribution in [0.4, 0.5) is 0 Å². The summed E-state index contributed by atoms with van der Waals surface area (Å²) >= 11 is 0. The first-order valence-corrected chi connectivity index (χ1v) is 7.78. The average molecular weight is 253 g/mol. The van der Waals surface area contributed by atoms with Gasteiger partial charge in [0.25, 0.3) is 0 Å². The SMILES string of the molecule is CCC1CCC2(CC1)C(CNCCOC)C2(C)C. The van der Waals surface area contributed by atoms with Gasteiger partial charge in [-0.1, -0.05) is 27.2 Å². The van der Waals surface area contributed by atoms with Crippen molar-refractivity contribution in [2.45, 2.75) is 52.9 Å². The molecule has 2 saturated carbocycles. The van der Waals surface area contributed by atoms with Gasteiger partial charge in [-0.25, -0.2) is 0 Å². The standard InChI is InChI=1S/C16H31NO/c1-5-13-6-8-16(9-7-13)14(15(16,2)3)12-17-10-11-18-4/h13-14,17H,5-12H2,1-4H3. The lowest BCUT2D eigenvalue weighted by Crippen LogP contribution is -2.25. The zero-order valence-electron chi connectivity index (χ0n) is 12.7. The van der Waals surface area contributed by atoms with E-state index in [0.717, 1.165) is 25.0 Å². The van der Waals surface area contributed by atoms with E-state index >= 15 is 0 Å². The van der Waals surface area contributed by atoms with Gasteiger partial charge in [-0.2, -0.15) is 0 Å². The minimum Gasteiger partial charge on any atom is -0.383 e. The molecule has 2 rings (SSSR count). The fourth-order valence-electron chi connectivity index (χ4n) is 4.53. The van der Waals surface area contributed by atoms with Gasteiger partial charge < -0.3 is 10.1 Å². The molecule has 1 unspecified atom stereocenters. The van der Waals surface area contributed by atoms with E-state index in [9.17, 15) is 0 Å². The third-order valence-corrected chi connectivity index (χ3v) is 6.14. The third kappa shape index (κ3) is 2.34. The molecule has 1 spiro atoms. The quantitative estimate of drug-likeness (QED) is 0.732. The van der Waals surface area contributed by atoms with Crippen LogP contribution in [0.1, 0.15) is 52.9 Å². The molecule has 2 aliphatic rings. The van der Waals surface area contributed by atoms with Crippen molar-refractivity contribution >= 4 is 0 Å². The van der Waals surface area contributed by atoms with Gasteiger partial charge in [0.2, 0.25) is 0 Å². The maximum Gasteiger partial charge on any atom is 0.0587 e. The zero-order chi connectivity index (χ0) is 13.2. The zero-order valence-corrected chi connectivity index (χ0v) is 12.7. The maximum absolute atomic E-state index is 5.10. The minimum atomic E-state index is 0.561. The van der Waals surface area contributed by atoms with E-state index in [0.29, 0.717) is 10.8 Å². The largest absolute Gasteiger partial charge is 0.383 e. The average Bonchev–Trinajstić information content (AvgIpc) is 2.82. The Bertz CT molecular complexity index is 266. The van der Waals surface area contributed by atoms with E-state index < -0.39 is 0 Å². The summed E-state index contributed by atoms with van der Waals surface area (Å²) in [6.45, 7) is 10.3. The van der Waals surface area contributed by atoms with Crippen molar-refractivity contribution in [3.8, 4) is 0 Å². The van der Waals surface area contributed by atoms with E-state index in [2.05, 4.69) is 26.1 Å². The van der Waals surface area contributed by atoms with Crippen LogP contribution in [0.3, 0.4) is 0 Å². The van der Waals surface area contributed by atoms with Crippen LogP contribution in [0, 0.1) is 22.7 Å². The number of methoxy groups -OCH3 is 1. The van der Waals surface area contributed by atoms with Crippen LogP contribution in [0.25, 0.3) is 0 Å². The molecule has 2 heteroatoms. The molecule has 2 nitrogen and oxygen atoms in total. The van der Waals surface area contributed by atoms with Crippen molar-refractivity contribution in [1.29, 1.82) is 0 Å². The van der Waals surface area contributed by atoms with E-state index in [1.165, 1.54) is 38.6 Å². The predicted molar refractivity (Wildman–Crippen MR) is 76.7 cm³/mol. The molecule has 0 aromatic carbocycles. The Morgan fingerprint density at radius 2 is 1.89 bits per heavy atom. The highest BCUT2D eigenvalue weighted by atomic mass is 16.5. The summed E-state index contributed by atoms with van der Waals surface area (Å²) in [4.78, 5) is 0. The number of hydrogen-bond acceptors (Lipinski definition) is 2. The molecule has 0 saturated heterocycles. The van der Waals surface area contributed by atoms with Crippen LogP contribution in [0.2, 0.25) is 0 Å². The summed E-state index contributed by atoms with van der Waals surface area (Å²) in [5.41, 5.74) is 1.23. The summed E-state index contributed by atoms with van der Waals surface area (Å²) in [6.07, 6.45) is 7.25. The molecule has 106 valence electrons. The minimum absolute atomic E-state index is 0.561. The van der Waals surface area contributed by atoms with Crippen LogP contribution in [-0.2, 0) is 4.74 Å². The van der Waals surface area contributed by atoms with Crippen LogP contribution >= 0.6 is 0 Å². The topological polar surface area (TPSA) is 21.3 Å². The van der Waals surface area contributed by atoms with Crippen LogP contribution < -0.4 is 5.32 Å². The normalized spacial score (nSPS) is 38.0. The van der Waals surface area contributed by atoms with E-state index in [-0.39, 0.29) is 0 Å². The Balaban J connectivity index is 1.82. The highest BCUT2D eigenvalue weighted by Gasteiger charge is 2.69. The Hall–Kier alpha value is -0.0800. The molecule has 0 heterocycles. The molecule has 0 bridgehead atoms. The summed E-state index contributed by atoms with van der Waals surface area (Å²) in [5, 5.41) is 3.58. The molecule has 0 aliphatic heterocycles. The van der Waals surface area contributed by atoms with Crippen molar-refractivity contribution in [2.24, 2.45) is 22.7 Å². The van der Waals surface area contributed by atoms with Crippen molar-refractivity contribution in [2.75, 3.05) is 26.8 Å². The Kier molecular flexibility index (Phi) is 4.38. The highest BCUT2D eigenvalue weighted by molar-refractivity contribution is 5.18. The fraction of sp³-hybridized carbons (Fsp3) is 1.00. The third-order valence-electron chi connectivity index (χ3n) is 6.14. The van der Waals surface area contributed by atoms with Crippen LogP contribution in [0.15, 0.2) is 0 Å². The molecular formula is C16H31NO. The molecule has 2 aliphatic carbocycles. The molecule has 0 aromatic heterocycles. The highest BCUT2D eigenvalue weighted by Crippen LogP contribution is 2.74. The van der Waals surface area contributed by atoms with Crippen LogP contribution in [0.5, 0.6) is 0 Å². The number of ether oxygens (including phenoxy) is 1. The first-order chi connectivity index (χ1) is 8.58. The second kappa shape index (κ2) is 5.50. The van der Waals surface area contributed by atoms with Gasteiger partial charge in [-0.05, 0) is 54.9 Å². The number of rotatable bonds is 6. The van der Waals surface area contributed by atoms with Crippen molar-refractivity contribution in [3.63, 3.8) is 0 Å². The molecule has 0 aromatic rings. The summed E-state index contributed by atoms with van der Waals surface area (Å²) in [6, 6.07) is 0. The summed E-state index contributed by atoms with van der Waals surface area (Å²) in [5.74, 6) is 1.90. The van der Waals surface area contributed by atoms with Gasteiger partial charge in [0.1, 0.15) is 0 Å². The smallest absolute Gasteiger partial charge is 0.0587 e. The predicted octanol–water partition coefficient (Wildman–Crippen LogP) is 3.47. The lowest BCUT2D eigenvalue weighted by atomic mass is 9.75. The van der Waals surface area contributed by atoms with Crippen molar-refractivity contribution < 1.29 is 4.74 Å². The molecule has 1 N–H and O–H groups in total. The van der Waals surface area contributed by atoms with Crippen molar-refractivity contribution in [1.82, 2.24) is 5.32 Å². The van der Waals surface area contributed by atoms with Gasteiger partial charge in [-0.15, -0.1) is 0 Å². The molecule has 2 fully saturated rings. The van der Waals surface area contributed by atoms with Gasteiger partial charge in [0.05, 0.1) is 6.61 Å². The van der Waals surface area contributed by atoms with Crippen molar-refractivity contribution in [3.05, 3.63) is 0 Å². The lowest BCUT2D eigenvalue weighted by Gasteiger charge is -2.31. The van der Waals surface area contributed by atoms with E-state index in [1.807, 2.05) is 0 Å². The molecule has 18 heavy (non-hydrogen) atoms. The molecule has 1 atom stereocenters. The second-order valence-electron chi connectivity index (χ2n) is 6.98. The van der Waals surface area contributed by atoms with Gasteiger partial charge in [-0.3, -0.25) is 0 Å². The fourth-order valence-corrected chi connectivity index (χ4v) is 4.53. The molecule has 0 radical (unpaired) electrons. The first kappa shape index (κ1) is 14.3. The maximum atomic E-state index is 5.10. The second-order valence-corrected chi connectivity index (χ2v) is 6.98. The monoisotopic (exact) mass is 253 g/mol. The van der Waals surface area contributed by atoms with E-state index in [1.54, 1.807) is 7.11 Å². The number of nitrogens with one attached hydrogen (secondary N) is 1. The van der Waals surface area contributed by atoms with Crippen LogP contribution in [-0.4, -0.2) is 26.8 Å². The van der Waals surface area contributed by atoms with Gasteiger partial charge in [0.15, 0.2) is 0 Å². The first-order valence-electron chi connectivity index (χ1n) is 7.78. The Morgan fingerprint density at radius 1 is 1.22 bits per heavy atom. The number of hydrogen-bond donors (Lipinski definition) is 1. The lowest BCUT2D eigenvalue weighted by molar-refractivity contribution is 0.194. The Morgan fingerprint density at radius 3 is 2.44 bits per heavy atom. The van der Waals surface area contributed by atoms with Gasteiger partial charge >= 0.3 is 0 Å². The molecule has 0 amide bonds. The van der Waals surface area contributed by atoms with Gasteiger partial charge in [0, 0.05) is 13.7 Å². The Labute approximate surface area is 113 Å². The summed E-state index contributed by atoms with van der Waals surface area (Å²) in [7, 11) is 1.77. The molecular weight excluding hydrogens is 222 g/mol.